The zero-order chi connectivity index (χ0) is 17.3. The summed E-state index contributed by atoms with van der Waals surface area (Å²) in [5.74, 6) is 0. The lowest BCUT2D eigenvalue weighted by atomic mass is 10.1. The van der Waals surface area contributed by atoms with Crippen molar-refractivity contribution in [3.8, 4) is 10.6 Å². The Morgan fingerprint density at radius 1 is 1.42 bits per heavy atom. The monoisotopic (exact) mass is 339 g/mol. The lowest BCUT2D eigenvalue weighted by Gasteiger charge is -2.07. The molecule has 0 saturated heterocycles. The number of nitrogen functional groups attached to an aromatic ring is 1. The van der Waals surface area contributed by atoms with Gasteiger partial charge >= 0.3 is 0 Å². The molecule has 0 aliphatic rings. The summed E-state index contributed by atoms with van der Waals surface area (Å²) in [6.45, 7) is 6.05. The lowest BCUT2D eigenvalue weighted by molar-refractivity contribution is 1.05. The molecule has 0 atom stereocenters. The molecule has 0 aliphatic carbocycles. The van der Waals surface area contributed by atoms with Gasteiger partial charge in [0, 0.05) is 18.9 Å². The zero-order valence-corrected chi connectivity index (χ0v) is 14.0. The second-order valence-electron chi connectivity index (χ2n) is 5.16. The first-order chi connectivity index (χ1) is 11.6. The minimum absolute atomic E-state index is 0.294. The summed E-state index contributed by atoms with van der Waals surface area (Å²) in [4.78, 5) is 24.9. The van der Waals surface area contributed by atoms with Crippen molar-refractivity contribution >= 4 is 33.6 Å². The molecule has 24 heavy (non-hydrogen) atoms. The SMILES string of the molecule is C=C/C(=C\C)c1cnc(-c2c(N)c3ncc(CN)cc3[nH]c2=O)s1. The van der Waals surface area contributed by atoms with E-state index in [4.69, 9.17) is 11.5 Å². The molecule has 122 valence electrons. The van der Waals surface area contributed by atoms with Crippen molar-refractivity contribution in [2.75, 3.05) is 5.73 Å². The molecule has 0 spiro atoms. The van der Waals surface area contributed by atoms with E-state index >= 15 is 0 Å². The largest absolute Gasteiger partial charge is 0.396 e. The third kappa shape index (κ3) is 2.64. The van der Waals surface area contributed by atoms with E-state index in [-0.39, 0.29) is 5.56 Å². The fourth-order valence-corrected chi connectivity index (χ4v) is 3.49. The molecule has 3 rings (SSSR count). The van der Waals surface area contributed by atoms with Crippen LogP contribution in [0.5, 0.6) is 0 Å². The third-order valence-electron chi connectivity index (χ3n) is 3.71. The van der Waals surface area contributed by atoms with E-state index in [1.807, 2.05) is 13.0 Å². The number of aromatic amines is 1. The molecule has 3 aromatic heterocycles. The standard InChI is InChI=1S/C17H17N5OS/c1-3-10(4-2)12-8-21-17(24-12)13-14(19)15-11(22-16(13)23)5-9(6-18)7-20-15/h3-5,7-8H,1,6,18H2,2H3,(H3,19,22,23)/b10-4+. The maximum atomic E-state index is 12.5. The molecule has 7 heteroatoms. The quantitative estimate of drug-likeness (QED) is 0.633. The van der Waals surface area contributed by atoms with Gasteiger partial charge < -0.3 is 16.5 Å². The molecule has 6 nitrogen and oxygen atoms in total. The molecule has 0 bridgehead atoms. The first-order valence-corrected chi connectivity index (χ1v) is 8.16. The first kappa shape index (κ1) is 16.1. The van der Waals surface area contributed by atoms with Gasteiger partial charge in [0.2, 0.25) is 0 Å². The zero-order valence-electron chi connectivity index (χ0n) is 13.2. The summed E-state index contributed by atoms with van der Waals surface area (Å²) in [6, 6.07) is 1.78. The molecular weight excluding hydrogens is 322 g/mol. The van der Waals surface area contributed by atoms with E-state index < -0.39 is 0 Å². The van der Waals surface area contributed by atoms with Gasteiger partial charge in [-0.15, -0.1) is 11.3 Å². The number of H-pyrrole nitrogens is 1. The maximum Gasteiger partial charge on any atom is 0.260 e. The second-order valence-corrected chi connectivity index (χ2v) is 6.20. The van der Waals surface area contributed by atoms with Crippen LogP contribution in [0.4, 0.5) is 5.69 Å². The minimum atomic E-state index is -0.294. The average Bonchev–Trinajstić information content (AvgIpc) is 3.04. The molecule has 5 N–H and O–H groups in total. The van der Waals surface area contributed by atoms with Gasteiger partial charge in [-0.25, -0.2) is 4.98 Å². The van der Waals surface area contributed by atoms with Crippen LogP contribution in [0.1, 0.15) is 17.4 Å². The van der Waals surface area contributed by atoms with E-state index in [9.17, 15) is 4.79 Å². The summed E-state index contributed by atoms with van der Waals surface area (Å²) in [6.07, 6.45) is 7.06. The number of hydrogen-bond acceptors (Lipinski definition) is 6. The normalized spacial score (nSPS) is 11.8. The van der Waals surface area contributed by atoms with Gasteiger partial charge in [0.05, 0.1) is 16.1 Å². The number of allylic oxidation sites excluding steroid dienone is 3. The lowest BCUT2D eigenvalue weighted by Crippen LogP contribution is -2.13. The summed E-state index contributed by atoms with van der Waals surface area (Å²) in [5, 5.41) is 0.552. The van der Waals surface area contributed by atoms with Crippen LogP contribution in [0.2, 0.25) is 0 Å². The fourth-order valence-electron chi connectivity index (χ4n) is 2.45. The molecule has 3 aromatic rings. The number of pyridine rings is 2. The highest BCUT2D eigenvalue weighted by molar-refractivity contribution is 7.16. The van der Waals surface area contributed by atoms with E-state index in [0.717, 1.165) is 16.0 Å². The number of anilines is 1. The second kappa shape index (κ2) is 6.38. The highest BCUT2D eigenvalue weighted by Gasteiger charge is 2.17. The Hall–Kier alpha value is -2.77. The third-order valence-corrected chi connectivity index (χ3v) is 4.78. The van der Waals surface area contributed by atoms with Gasteiger partial charge in [-0.1, -0.05) is 18.7 Å². The van der Waals surface area contributed by atoms with Crippen LogP contribution in [0.3, 0.4) is 0 Å². The number of fused-ring (bicyclic) bond motifs is 1. The smallest absolute Gasteiger partial charge is 0.260 e. The Balaban J connectivity index is 2.20. The van der Waals surface area contributed by atoms with Gasteiger partial charge in [0.25, 0.3) is 5.56 Å². The average molecular weight is 339 g/mol. The van der Waals surface area contributed by atoms with Crippen molar-refractivity contribution in [3.63, 3.8) is 0 Å². The molecule has 0 fully saturated rings. The minimum Gasteiger partial charge on any atom is -0.396 e. The molecule has 3 heterocycles. The molecule has 0 radical (unpaired) electrons. The first-order valence-electron chi connectivity index (χ1n) is 7.34. The highest BCUT2D eigenvalue weighted by atomic mass is 32.1. The Bertz CT molecular complexity index is 1020. The van der Waals surface area contributed by atoms with Crippen molar-refractivity contribution in [2.45, 2.75) is 13.5 Å². The molecular formula is C17H17N5OS. The fraction of sp³-hybridized carbons (Fsp3) is 0.118. The van der Waals surface area contributed by atoms with Crippen molar-refractivity contribution in [3.05, 3.63) is 58.0 Å². The topological polar surface area (TPSA) is 111 Å². The predicted octanol–water partition coefficient (Wildman–Crippen LogP) is 2.68. The van der Waals surface area contributed by atoms with E-state index in [2.05, 4.69) is 21.5 Å². The Labute approximate surface area is 142 Å². The summed E-state index contributed by atoms with van der Waals surface area (Å²) < 4.78 is 0. The maximum absolute atomic E-state index is 12.5. The number of nitrogens with one attached hydrogen (secondary N) is 1. The number of aromatic nitrogens is 3. The van der Waals surface area contributed by atoms with Gasteiger partial charge in [0.1, 0.15) is 16.1 Å². The summed E-state index contributed by atoms with van der Waals surface area (Å²) in [5.41, 5.74) is 15.1. The predicted molar refractivity (Wildman–Crippen MR) is 99.6 cm³/mol. The van der Waals surface area contributed by atoms with E-state index in [1.54, 1.807) is 24.5 Å². The van der Waals surface area contributed by atoms with Crippen LogP contribution in [0.15, 0.2) is 42.0 Å². The van der Waals surface area contributed by atoms with E-state index in [1.165, 1.54) is 11.3 Å². The number of nitrogens with two attached hydrogens (primary N) is 2. The number of rotatable bonds is 4. The Morgan fingerprint density at radius 3 is 2.88 bits per heavy atom. The molecule has 0 saturated carbocycles. The van der Waals surface area contributed by atoms with Gasteiger partial charge in [-0.05, 0) is 24.1 Å². The highest BCUT2D eigenvalue weighted by Crippen LogP contribution is 2.33. The van der Waals surface area contributed by atoms with Crippen LogP contribution in [-0.4, -0.2) is 15.0 Å². The molecule has 0 aliphatic heterocycles. The van der Waals surface area contributed by atoms with Gasteiger partial charge in [-0.3, -0.25) is 9.78 Å². The van der Waals surface area contributed by atoms with Crippen molar-refractivity contribution in [1.82, 2.24) is 15.0 Å². The van der Waals surface area contributed by atoms with Crippen LogP contribution in [0.25, 0.3) is 27.2 Å². The van der Waals surface area contributed by atoms with Crippen molar-refractivity contribution in [2.24, 2.45) is 5.73 Å². The van der Waals surface area contributed by atoms with Crippen molar-refractivity contribution in [1.29, 1.82) is 0 Å². The molecule has 0 aromatic carbocycles. The van der Waals surface area contributed by atoms with Crippen LogP contribution in [-0.2, 0) is 6.54 Å². The number of hydrogen-bond donors (Lipinski definition) is 3. The Kier molecular flexibility index (Phi) is 4.28. The molecule has 0 unspecified atom stereocenters. The molecule has 0 amide bonds. The van der Waals surface area contributed by atoms with Gasteiger partial charge in [0.15, 0.2) is 0 Å². The van der Waals surface area contributed by atoms with Crippen LogP contribution in [0, 0.1) is 0 Å². The van der Waals surface area contributed by atoms with Crippen LogP contribution < -0.4 is 17.0 Å². The summed E-state index contributed by atoms with van der Waals surface area (Å²) in [7, 11) is 0. The summed E-state index contributed by atoms with van der Waals surface area (Å²) >= 11 is 1.39. The number of thiazole rings is 1. The number of nitrogens with zero attached hydrogens (tertiary/aromatic N) is 2. The van der Waals surface area contributed by atoms with E-state index in [0.29, 0.717) is 33.8 Å². The van der Waals surface area contributed by atoms with Gasteiger partial charge in [-0.2, -0.15) is 0 Å². The van der Waals surface area contributed by atoms with Crippen molar-refractivity contribution < 1.29 is 0 Å². The van der Waals surface area contributed by atoms with Crippen LogP contribution >= 0.6 is 11.3 Å². The Morgan fingerprint density at radius 2 is 2.21 bits per heavy atom.